The van der Waals surface area contributed by atoms with E-state index in [-0.39, 0.29) is 0 Å². The molecule has 0 saturated carbocycles. The number of rotatable bonds is 6. The summed E-state index contributed by atoms with van der Waals surface area (Å²) in [4.78, 5) is 9.34. The number of aryl methyl sites for hydroxylation is 1. The van der Waals surface area contributed by atoms with E-state index in [9.17, 15) is 0 Å². The largest absolute Gasteiger partial charge is 0.381 e. The minimum atomic E-state index is 0.709. The van der Waals surface area contributed by atoms with Gasteiger partial charge in [-0.15, -0.1) is 0 Å². The van der Waals surface area contributed by atoms with E-state index >= 15 is 0 Å². The molecule has 1 aromatic heterocycles. The zero-order valence-corrected chi connectivity index (χ0v) is 11.5. The van der Waals surface area contributed by atoms with Crippen molar-refractivity contribution >= 4 is 5.82 Å². The van der Waals surface area contributed by atoms with Crippen molar-refractivity contribution in [1.29, 1.82) is 0 Å². The summed E-state index contributed by atoms with van der Waals surface area (Å²) in [6.07, 6.45) is 5.52. The van der Waals surface area contributed by atoms with Crippen LogP contribution >= 0.6 is 0 Å². The van der Waals surface area contributed by atoms with Crippen LogP contribution < -0.4 is 5.32 Å². The molecular weight excluding hydrogens is 226 g/mol. The van der Waals surface area contributed by atoms with Gasteiger partial charge in [-0.1, -0.05) is 0 Å². The van der Waals surface area contributed by atoms with Crippen molar-refractivity contribution in [3.8, 4) is 0 Å². The molecule has 100 valence electrons. The Morgan fingerprint density at radius 1 is 1.17 bits per heavy atom. The van der Waals surface area contributed by atoms with Crippen LogP contribution in [0.2, 0.25) is 0 Å². The van der Waals surface area contributed by atoms with Crippen molar-refractivity contribution < 1.29 is 4.74 Å². The molecular formula is C14H23N3O. The lowest BCUT2D eigenvalue weighted by Gasteiger charge is -2.19. The van der Waals surface area contributed by atoms with Gasteiger partial charge < -0.3 is 10.1 Å². The highest BCUT2D eigenvalue weighted by molar-refractivity contribution is 5.47. The third kappa shape index (κ3) is 3.19. The average molecular weight is 249 g/mol. The van der Waals surface area contributed by atoms with E-state index in [0.717, 1.165) is 44.1 Å². The van der Waals surface area contributed by atoms with Gasteiger partial charge in [0.2, 0.25) is 0 Å². The molecule has 0 atom stereocenters. The number of ether oxygens (including phenoxy) is 1. The summed E-state index contributed by atoms with van der Waals surface area (Å²) in [6, 6.07) is 0. The topological polar surface area (TPSA) is 47.0 Å². The van der Waals surface area contributed by atoms with Crippen molar-refractivity contribution in [1.82, 2.24) is 9.97 Å². The lowest BCUT2D eigenvalue weighted by molar-refractivity contribution is 0.149. The summed E-state index contributed by atoms with van der Waals surface area (Å²) in [6.45, 7) is 6.50. The fraction of sp³-hybridized carbons (Fsp3) is 0.714. The quantitative estimate of drug-likeness (QED) is 0.786. The van der Waals surface area contributed by atoms with Crippen LogP contribution in [-0.2, 0) is 24.0 Å². The predicted octanol–water partition coefficient (Wildman–Crippen LogP) is 2.37. The Labute approximate surface area is 109 Å². The van der Waals surface area contributed by atoms with Crippen LogP contribution in [0.15, 0.2) is 0 Å². The minimum Gasteiger partial charge on any atom is -0.381 e. The Morgan fingerprint density at radius 3 is 2.78 bits per heavy atom. The van der Waals surface area contributed by atoms with Gasteiger partial charge in [-0.25, -0.2) is 9.97 Å². The van der Waals surface area contributed by atoms with E-state index in [1.807, 2.05) is 6.92 Å². The molecule has 0 fully saturated rings. The molecule has 0 aromatic carbocycles. The Morgan fingerprint density at radius 2 is 2.00 bits per heavy atom. The van der Waals surface area contributed by atoms with Gasteiger partial charge >= 0.3 is 0 Å². The molecule has 1 aliphatic rings. The Bertz CT molecular complexity index is 393. The highest BCUT2D eigenvalue weighted by Gasteiger charge is 2.17. The van der Waals surface area contributed by atoms with Crippen LogP contribution in [0.25, 0.3) is 0 Å². The molecule has 0 aliphatic heterocycles. The van der Waals surface area contributed by atoms with Gasteiger partial charge in [-0.05, 0) is 39.5 Å². The second-order valence-corrected chi connectivity index (χ2v) is 4.60. The summed E-state index contributed by atoms with van der Waals surface area (Å²) in [5.74, 6) is 1.97. The van der Waals surface area contributed by atoms with Crippen LogP contribution in [0.4, 0.5) is 5.82 Å². The molecule has 0 spiro atoms. The Hall–Kier alpha value is -1.16. The van der Waals surface area contributed by atoms with Crippen LogP contribution in [0.5, 0.6) is 0 Å². The van der Waals surface area contributed by atoms with Gasteiger partial charge in [0, 0.05) is 30.8 Å². The second-order valence-electron chi connectivity index (χ2n) is 4.60. The van der Waals surface area contributed by atoms with Crippen molar-refractivity contribution in [3.05, 3.63) is 17.1 Å². The van der Waals surface area contributed by atoms with Crippen molar-refractivity contribution in [2.24, 2.45) is 0 Å². The molecule has 4 heteroatoms. The van der Waals surface area contributed by atoms with E-state index in [2.05, 4.69) is 17.2 Å². The van der Waals surface area contributed by atoms with Crippen LogP contribution in [0, 0.1) is 0 Å². The van der Waals surface area contributed by atoms with Gasteiger partial charge in [0.25, 0.3) is 0 Å². The minimum absolute atomic E-state index is 0.709. The van der Waals surface area contributed by atoms with Gasteiger partial charge in [-0.3, -0.25) is 0 Å². The van der Waals surface area contributed by atoms with E-state index < -0.39 is 0 Å². The first-order chi connectivity index (χ1) is 8.85. The summed E-state index contributed by atoms with van der Waals surface area (Å²) in [5, 5.41) is 3.37. The second kappa shape index (κ2) is 6.69. The molecule has 1 heterocycles. The molecule has 4 nitrogen and oxygen atoms in total. The average Bonchev–Trinajstić information content (AvgIpc) is 2.39. The molecule has 0 bridgehead atoms. The molecule has 18 heavy (non-hydrogen) atoms. The van der Waals surface area contributed by atoms with Crippen LogP contribution in [0.1, 0.15) is 43.8 Å². The first-order valence-electron chi connectivity index (χ1n) is 7.05. The zero-order valence-electron chi connectivity index (χ0n) is 11.5. The number of nitrogens with zero attached hydrogens (tertiary/aromatic N) is 2. The van der Waals surface area contributed by atoms with E-state index in [0.29, 0.717) is 6.61 Å². The third-order valence-corrected chi connectivity index (χ3v) is 3.25. The standard InChI is InChI=1S/C14H23N3O/c1-3-15-14-11-7-5-6-8-12(11)16-13(17-14)9-10-18-4-2/h3-10H2,1-2H3,(H,15,16,17). The monoisotopic (exact) mass is 249 g/mol. The van der Waals surface area contributed by atoms with Gasteiger partial charge in [-0.2, -0.15) is 0 Å². The van der Waals surface area contributed by atoms with Crippen molar-refractivity contribution in [2.45, 2.75) is 46.0 Å². The smallest absolute Gasteiger partial charge is 0.133 e. The van der Waals surface area contributed by atoms with Gasteiger partial charge in [0.15, 0.2) is 0 Å². The van der Waals surface area contributed by atoms with E-state index in [1.165, 1.54) is 24.1 Å². The highest BCUT2D eigenvalue weighted by Crippen LogP contribution is 2.25. The number of anilines is 1. The highest BCUT2D eigenvalue weighted by atomic mass is 16.5. The Balaban J connectivity index is 2.18. The van der Waals surface area contributed by atoms with Gasteiger partial charge in [0.1, 0.15) is 11.6 Å². The number of hydrogen-bond donors (Lipinski definition) is 1. The van der Waals surface area contributed by atoms with Crippen molar-refractivity contribution in [2.75, 3.05) is 25.1 Å². The molecule has 1 aromatic rings. The first kappa shape index (κ1) is 13.3. The van der Waals surface area contributed by atoms with E-state index in [1.54, 1.807) is 0 Å². The first-order valence-corrected chi connectivity index (χ1v) is 7.05. The maximum atomic E-state index is 5.38. The summed E-state index contributed by atoms with van der Waals surface area (Å²) >= 11 is 0. The fourth-order valence-corrected chi connectivity index (χ4v) is 2.38. The molecule has 0 amide bonds. The molecule has 0 saturated heterocycles. The Kier molecular flexibility index (Phi) is 4.93. The lowest BCUT2D eigenvalue weighted by Crippen LogP contribution is -2.15. The molecule has 0 unspecified atom stereocenters. The summed E-state index contributed by atoms with van der Waals surface area (Å²) in [5.41, 5.74) is 2.59. The molecule has 2 rings (SSSR count). The maximum Gasteiger partial charge on any atom is 0.133 e. The predicted molar refractivity (Wildman–Crippen MR) is 73.0 cm³/mol. The SMILES string of the molecule is CCNc1nc(CCOCC)nc2c1CCCC2. The van der Waals surface area contributed by atoms with Gasteiger partial charge in [0.05, 0.1) is 6.61 Å². The third-order valence-electron chi connectivity index (χ3n) is 3.25. The lowest BCUT2D eigenvalue weighted by atomic mass is 9.96. The summed E-state index contributed by atoms with van der Waals surface area (Å²) in [7, 11) is 0. The normalized spacial score (nSPS) is 14.3. The van der Waals surface area contributed by atoms with Crippen LogP contribution in [-0.4, -0.2) is 29.7 Å². The van der Waals surface area contributed by atoms with Crippen LogP contribution in [0.3, 0.4) is 0 Å². The molecule has 1 N–H and O–H groups in total. The number of fused-ring (bicyclic) bond motifs is 1. The number of nitrogens with one attached hydrogen (secondary N) is 1. The number of aromatic nitrogens is 2. The number of hydrogen-bond acceptors (Lipinski definition) is 4. The fourth-order valence-electron chi connectivity index (χ4n) is 2.38. The molecule has 1 aliphatic carbocycles. The van der Waals surface area contributed by atoms with Crippen molar-refractivity contribution in [3.63, 3.8) is 0 Å². The molecule has 0 radical (unpaired) electrons. The summed E-state index contributed by atoms with van der Waals surface area (Å²) < 4.78 is 5.38. The van der Waals surface area contributed by atoms with E-state index in [4.69, 9.17) is 9.72 Å². The zero-order chi connectivity index (χ0) is 12.8. The maximum absolute atomic E-state index is 5.38.